The van der Waals surface area contributed by atoms with Gasteiger partial charge in [0.2, 0.25) is 0 Å². The van der Waals surface area contributed by atoms with Crippen LogP contribution in [0.5, 0.6) is 5.75 Å². The lowest BCUT2D eigenvalue weighted by molar-refractivity contribution is -0.0507. The Morgan fingerprint density at radius 1 is 0.952 bits per heavy atom. The summed E-state index contributed by atoms with van der Waals surface area (Å²) in [5, 5.41) is 3.34. The molecule has 0 aliphatic rings. The van der Waals surface area contributed by atoms with Gasteiger partial charge in [0.05, 0.1) is 0 Å². The van der Waals surface area contributed by atoms with Crippen LogP contribution in [0.2, 0.25) is 0 Å². The minimum absolute atomic E-state index is 0.275. The van der Waals surface area contributed by atoms with E-state index in [1.807, 2.05) is 30.3 Å². The van der Waals surface area contributed by atoms with E-state index in [0.29, 0.717) is 6.54 Å². The van der Waals surface area contributed by atoms with Gasteiger partial charge in [-0.15, -0.1) is 0 Å². The molecule has 0 unspecified atom stereocenters. The van der Waals surface area contributed by atoms with Gasteiger partial charge in [0.25, 0.3) is 0 Å². The Hall–Kier alpha value is -1.94. The molecule has 0 bridgehead atoms. The molecule has 0 amide bonds. The molecule has 2 aromatic rings. The second kappa shape index (κ2) is 7.18. The number of hydrogen-bond donors (Lipinski definition) is 1. The average Bonchev–Trinajstić information content (AvgIpc) is 2.44. The largest absolute Gasteiger partial charge is 0.434 e. The number of benzene rings is 2. The highest BCUT2D eigenvalue weighted by Gasteiger charge is 2.11. The first-order chi connectivity index (χ1) is 10.1. The Balaban J connectivity index is 1.98. The van der Waals surface area contributed by atoms with Gasteiger partial charge in [-0.05, 0) is 36.1 Å². The summed E-state index contributed by atoms with van der Waals surface area (Å²) in [7, 11) is 0. The topological polar surface area (TPSA) is 21.3 Å². The van der Waals surface area contributed by atoms with E-state index < -0.39 is 6.61 Å². The molecule has 2 nitrogen and oxygen atoms in total. The van der Waals surface area contributed by atoms with Gasteiger partial charge in [0.1, 0.15) is 5.75 Å². The van der Waals surface area contributed by atoms with Crippen molar-refractivity contribution >= 4 is 0 Å². The summed E-state index contributed by atoms with van der Waals surface area (Å²) in [6.07, 6.45) is 0. The van der Waals surface area contributed by atoms with Crippen molar-refractivity contribution < 1.29 is 13.5 Å². The van der Waals surface area contributed by atoms with E-state index in [-0.39, 0.29) is 5.75 Å². The van der Waals surface area contributed by atoms with Gasteiger partial charge in [0.15, 0.2) is 0 Å². The van der Waals surface area contributed by atoms with Crippen molar-refractivity contribution in [2.45, 2.75) is 33.5 Å². The van der Waals surface area contributed by atoms with Gasteiger partial charge in [-0.1, -0.05) is 42.5 Å². The van der Waals surface area contributed by atoms with E-state index in [4.69, 9.17) is 0 Å². The number of halogens is 2. The third kappa shape index (κ3) is 4.53. The SMILES string of the molecule is Cc1cc(CNCc2ccccc2)cc(C)c1OC(F)F. The predicted octanol–water partition coefficient (Wildman–Crippen LogP) is 4.19. The fourth-order valence-corrected chi connectivity index (χ4v) is 2.36. The second-order valence-corrected chi connectivity index (χ2v) is 5.03. The summed E-state index contributed by atoms with van der Waals surface area (Å²) in [4.78, 5) is 0. The molecule has 2 aromatic carbocycles. The van der Waals surface area contributed by atoms with E-state index in [2.05, 4.69) is 22.2 Å². The molecule has 0 saturated heterocycles. The minimum atomic E-state index is -2.79. The summed E-state index contributed by atoms with van der Waals surface area (Å²) in [6, 6.07) is 13.9. The van der Waals surface area contributed by atoms with Gasteiger partial charge in [-0.25, -0.2) is 0 Å². The Morgan fingerprint density at radius 3 is 2.10 bits per heavy atom. The van der Waals surface area contributed by atoms with Crippen LogP contribution >= 0.6 is 0 Å². The van der Waals surface area contributed by atoms with Crippen molar-refractivity contribution in [1.29, 1.82) is 0 Å². The Kier molecular flexibility index (Phi) is 5.28. The van der Waals surface area contributed by atoms with Crippen molar-refractivity contribution in [3.8, 4) is 5.75 Å². The standard InChI is InChI=1S/C17H19F2NO/c1-12-8-15(9-13(2)16(12)21-17(18)19)11-20-10-14-6-4-3-5-7-14/h3-9,17,20H,10-11H2,1-2H3. The fraction of sp³-hybridized carbons (Fsp3) is 0.294. The fourth-order valence-electron chi connectivity index (χ4n) is 2.36. The molecule has 0 aromatic heterocycles. The summed E-state index contributed by atoms with van der Waals surface area (Å²) in [5.41, 5.74) is 3.73. The Bertz CT molecular complexity index is 562. The molecule has 4 heteroatoms. The van der Waals surface area contributed by atoms with Crippen LogP contribution in [0.15, 0.2) is 42.5 Å². The van der Waals surface area contributed by atoms with E-state index in [9.17, 15) is 8.78 Å². The average molecular weight is 291 g/mol. The third-order valence-corrected chi connectivity index (χ3v) is 3.23. The lowest BCUT2D eigenvalue weighted by atomic mass is 10.1. The van der Waals surface area contributed by atoms with Crippen LogP contribution in [0.3, 0.4) is 0 Å². The van der Waals surface area contributed by atoms with E-state index >= 15 is 0 Å². The number of aryl methyl sites for hydroxylation is 2. The first-order valence-corrected chi connectivity index (χ1v) is 6.86. The van der Waals surface area contributed by atoms with Gasteiger partial charge in [-0.3, -0.25) is 0 Å². The maximum absolute atomic E-state index is 12.3. The van der Waals surface area contributed by atoms with Crippen LogP contribution in [0.25, 0.3) is 0 Å². The van der Waals surface area contributed by atoms with Gasteiger partial charge < -0.3 is 10.1 Å². The molecular formula is C17H19F2NO. The quantitative estimate of drug-likeness (QED) is 0.861. The minimum Gasteiger partial charge on any atom is -0.434 e. The van der Waals surface area contributed by atoms with Gasteiger partial charge in [0, 0.05) is 13.1 Å². The third-order valence-electron chi connectivity index (χ3n) is 3.23. The van der Waals surface area contributed by atoms with Gasteiger partial charge in [-0.2, -0.15) is 8.78 Å². The molecule has 0 aliphatic heterocycles. The highest BCUT2D eigenvalue weighted by Crippen LogP contribution is 2.26. The van der Waals surface area contributed by atoms with Gasteiger partial charge >= 0.3 is 6.61 Å². The smallest absolute Gasteiger partial charge is 0.387 e. The predicted molar refractivity (Wildman–Crippen MR) is 79.5 cm³/mol. The molecule has 1 N–H and O–H groups in total. The number of ether oxygens (including phenoxy) is 1. The molecule has 0 heterocycles. The van der Waals surface area contributed by atoms with Crippen molar-refractivity contribution in [2.24, 2.45) is 0 Å². The van der Waals surface area contributed by atoms with Crippen molar-refractivity contribution in [2.75, 3.05) is 0 Å². The first-order valence-electron chi connectivity index (χ1n) is 6.86. The van der Waals surface area contributed by atoms with Crippen LogP contribution in [0.4, 0.5) is 8.78 Å². The highest BCUT2D eigenvalue weighted by molar-refractivity contribution is 5.43. The summed E-state index contributed by atoms with van der Waals surface area (Å²) >= 11 is 0. The molecule has 21 heavy (non-hydrogen) atoms. The molecule has 0 saturated carbocycles. The molecule has 112 valence electrons. The molecular weight excluding hydrogens is 272 g/mol. The van der Waals surface area contributed by atoms with Crippen molar-refractivity contribution in [3.63, 3.8) is 0 Å². The van der Waals surface area contributed by atoms with E-state index in [0.717, 1.165) is 23.2 Å². The number of nitrogens with one attached hydrogen (secondary N) is 1. The molecule has 0 aliphatic carbocycles. The van der Waals surface area contributed by atoms with Crippen molar-refractivity contribution in [3.05, 3.63) is 64.7 Å². The highest BCUT2D eigenvalue weighted by atomic mass is 19.3. The second-order valence-electron chi connectivity index (χ2n) is 5.03. The summed E-state index contributed by atoms with van der Waals surface area (Å²) in [5.74, 6) is 0.275. The molecule has 2 rings (SSSR count). The van der Waals surface area contributed by atoms with Crippen LogP contribution < -0.4 is 10.1 Å². The summed E-state index contributed by atoms with van der Waals surface area (Å²) in [6.45, 7) is 2.24. The number of hydrogen-bond acceptors (Lipinski definition) is 2. The maximum atomic E-state index is 12.3. The lowest BCUT2D eigenvalue weighted by Crippen LogP contribution is -2.13. The zero-order valence-corrected chi connectivity index (χ0v) is 12.2. The lowest BCUT2D eigenvalue weighted by Gasteiger charge is -2.13. The molecule has 0 atom stereocenters. The molecule has 0 spiro atoms. The van der Waals surface area contributed by atoms with Crippen LogP contribution in [-0.2, 0) is 13.1 Å². The Labute approximate surface area is 123 Å². The zero-order chi connectivity index (χ0) is 15.2. The van der Waals surface area contributed by atoms with Crippen LogP contribution in [0, 0.1) is 13.8 Å². The van der Waals surface area contributed by atoms with Crippen LogP contribution in [-0.4, -0.2) is 6.61 Å². The van der Waals surface area contributed by atoms with E-state index in [1.165, 1.54) is 5.56 Å². The summed E-state index contributed by atoms with van der Waals surface area (Å²) < 4.78 is 29.2. The first kappa shape index (κ1) is 15.4. The van der Waals surface area contributed by atoms with Crippen molar-refractivity contribution in [1.82, 2.24) is 5.32 Å². The normalized spacial score (nSPS) is 10.9. The number of alkyl halides is 2. The number of rotatable bonds is 6. The van der Waals surface area contributed by atoms with Crippen LogP contribution in [0.1, 0.15) is 22.3 Å². The Morgan fingerprint density at radius 2 is 1.52 bits per heavy atom. The zero-order valence-electron chi connectivity index (χ0n) is 12.2. The molecule has 0 radical (unpaired) electrons. The monoisotopic (exact) mass is 291 g/mol. The van der Waals surface area contributed by atoms with E-state index in [1.54, 1.807) is 13.8 Å². The molecule has 0 fully saturated rings. The maximum Gasteiger partial charge on any atom is 0.387 e.